The van der Waals surface area contributed by atoms with Crippen LogP contribution in [0.3, 0.4) is 0 Å². The zero-order valence-electron chi connectivity index (χ0n) is 14.9. The van der Waals surface area contributed by atoms with E-state index >= 15 is 0 Å². The predicted octanol–water partition coefficient (Wildman–Crippen LogP) is 2.65. The molecule has 0 saturated heterocycles. The van der Waals surface area contributed by atoms with Gasteiger partial charge in [-0.2, -0.15) is 0 Å². The maximum atomic E-state index is 12.6. The second kappa shape index (κ2) is 7.63. The monoisotopic (exact) mass is 385 g/mol. The van der Waals surface area contributed by atoms with Crippen LogP contribution < -0.4 is 14.4 Å². The maximum Gasteiger partial charge on any atom is 0.245 e. The van der Waals surface area contributed by atoms with E-state index < -0.39 is 15.9 Å². The van der Waals surface area contributed by atoms with Crippen LogP contribution in [0.1, 0.15) is 0 Å². The molecule has 140 valence electrons. The highest BCUT2D eigenvalue weighted by Gasteiger charge is 2.23. The summed E-state index contributed by atoms with van der Waals surface area (Å²) in [5, 5.41) is 3.48. The fraction of sp³-hybridized carbons (Fsp3) is 0.158. The van der Waals surface area contributed by atoms with Crippen molar-refractivity contribution in [2.45, 2.75) is 0 Å². The van der Waals surface area contributed by atoms with Gasteiger partial charge in [0.1, 0.15) is 12.3 Å². The lowest BCUT2D eigenvalue weighted by Crippen LogP contribution is -2.37. The Morgan fingerprint density at radius 1 is 1.11 bits per heavy atom. The molecule has 1 amide bonds. The fourth-order valence-electron chi connectivity index (χ4n) is 2.74. The lowest BCUT2D eigenvalue weighted by Gasteiger charge is -2.23. The molecular weight excluding hydrogens is 366 g/mol. The topological polar surface area (TPSA) is 88.6 Å². The summed E-state index contributed by atoms with van der Waals surface area (Å²) in [6.07, 6.45) is 2.65. The molecule has 2 aromatic carbocycles. The Morgan fingerprint density at radius 2 is 1.85 bits per heavy atom. The molecule has 3 rings (SSSR count). The predicted molar refractivity (Wildman–Crippen MR) is 106 cm³/mol. The average molecular weight is 385 g/mol. The van der Waals surface area contributed by atoms with E-state index in [-0.39, 0.29) is 6.54 Å². The molecule has 1 aromatic heterocycles. The third-order valence-corrected chi connectivity index (χ3v) is 5.08. The molecule has 0 radical (unpaired) electrons. The van der Waals surface area contributed by atoms with Gasteiger partial charge in [0, 0.05) is 11.6 Å². The van der Waals surface area contributed by atoms with Gasteiger partial charge >= 0.3 is 0 Å². The van der Waals surface area contributed by atoms with E-state index in [1.165, 1.54) is 7.11 Å². The van der Waals surface area contributed by atoms with Gasteiger partial charge < -0.3 is 10.1 Å². The van der Waals surface area contributed by atoms with Gasteiger partial charge in [-0.1, -0.05) is 30.3 Å². The van der Waals surface area contributed by atoms with Gasteiger partial charge in [-0.15, -0.1) is 0 Å². The second-order valence-electron chi connectivity index (χ2n) is 5.87. The lowest BCUT2D eigenvalue weighted by molar-refractivity contribution is -0.114. The molecule has 0 saturated carbocycles. The van der Waals surface area contributed by atoms with E-state index in [0.717, 1.165) is 15.9 Å². The molecule has 0 fully saturated rings. The molecule has 27 heavy (non-hydrogen) atoms. The summed E-state index contributed by atoms with van der Waals surface area (Å²) in [5.74, 6) is 0.00134. The highest BCUT2D eigenvalue weighted by Crippen LogP contribution is 2.27. The number of aromatic nitrogens is 1. The minimum Gasteiger partial charge on any atom is -0.495 e. The maximum absolute atomic E-state index is 12.6. The van der Waals surface area contributed by atoms with Crippen LogP contribution in [-0.4, -0.2) is 39.2 Å². The van der Waals surface area contributed by atoms with Gasteiger partial charge in [-0.3, -0.25) is 14.1 Å². The number of para-hydroxylation sites is 3. The minimum atomic E-state index is -3.71. The van der Waals surface area contributed by atoms with E-state index in [1.54, 1.807) is 48.7 Å². The van der Waals surface area contributed by atoms with Crippen LogP contribution in [-0.2, 0) is 14.8 Å². The zero-order valence-corrected chi connectivity index (χ0v) is 15.7. The molecular formula is C19H19N3O4S. The van der Waals surface area contributed by atoms with Crippen molar-refractivity contribution in [3.8, 4) is 5.75 Å². The summed E-state index contributed by atoms with van der Waals surface area (Å²) in [6, 6.07) is 15.7. The summed E-state index contributed by atoms with van der Waals surface area (Å²) in [4.78, 5) is 16.8. The first-order chi connectivity index (χ1) is 12.9. The lowest BCUT2D eigenvalue weighted by atomic mass is 10.2. The van der Waals surface area contributed by atoms with E-state index in [0.29, 0.717) is 22.6 Å². The van der Waals surface area contributed by atoms with Crippen molar-refractivity contribution in [1.29, 1.82) is 0 Å². The van der Waals surface area contributed by atoms with Crippen molar-refractivity contribution >= 4 is 38.2 Å². The highest BCUT2D eigenvalue weighted by molar-refractivity contribution is 7.92. The van der Waals surface area contributed by atoms with Crippen LogP contribution >= 0.6 is 0 Å². The first kappa shape index (κ1) is 18.7. The van der Waals surface area contributed by atoms with Gasteiger partial charge in [0.15, 0.2) is 0 Å². The van der Waals surface area contributed by atoms with Crippen LogP contribution in [0.2, 0.25) is 0 Å². The number of nitrogens with zero attached hydrogens (tertiary/aromatic N) is 2. The van der Waals surface area contributed by atoms with Crippen LogP contribution in [0.15, 0.2) is 60.8 Å². The Bertz CT molecular complexity index is 1080. The number of sulfonamides is 1. The summed E-state index contributed by atoms with van der Waals surface area (Å²) < 4.78 is 31.0. The molecule has 3 aromatic rings. The Hall–Kier alpha value is -3.13. The van der Waals surface area contributed by atoms with Crippen molar-refractivity contribution in [2.24, 2.45) is 0 Å². The van der Waals surface area contributed by atoms with Crippen molar-refractivity contribution in [3.05, 3.63) is 60.8 Å². The van der Waals surface area contributed by atoms with Crippen molar-refractivity contribution in [1.82, 2.24) is 4.98 Å². The molecule has 8 heteroatoms. The molecule has 0 unspecified atom stereocenters. The molecule has 7 nitrogen and oxygen atoms in total. The number of hydrogen-bond donors (Lipinski definition) is 1. The van der Waals surface area contributed by atoms with E-state index in [9.17, 15) is 13.2 Å². The number of methoxy groups -OCH3 is 1. The third-order valence-electron chi connectivity index (χ3n) is 3.95. The largest absolute Gasteiger partial charge is 0.495 e. The summed E-state index contributed by atoms with van der Waals surface area (Å²) in [6.45, 7) is -0.382. The van der Waals surface area contributed by atoms with E-state index in [2.05, 4.69) is 10.3 Å². The number of anilines is 2. The van der Waals surface area contributed by atoms with Crippen molar-refractivity contribution in [2.75, 3.05) is 29.5 Å². The number of fused-ring (bicyclic) bond motifs is 1. The SMILES string of the molecule is COc1ccccc1NC(=O)CN(c1cccc2cccnc12)S(C)(=O)=O. The van der Waals surface area contributed by atoms with Crippen LogP contribution in [0.4, 0.5) is 11.4 Å². The average Bonchev–Trinajstić information content (AvgIpc) is 2.65. The fourth-order valence-corrected chi connectivity index (χ4v) is 3.59. The normalized spacial score (nSPS) is 11.2. The first-order valence-electron chi connectivity index (χ1n) is 8.14. The van der Waals surface area contributed by atoms with Crippen LogP contribution in [0, 0.1) is 0 Å². The summed E-state index contributed by atoms with van der Waals surface area (Å²) in [5.41, 5.74) is 1.33. The van der Waals surface area contributed by atoms with Crippen molar-refractivity contribution < 1.29 is 17.9 Å². The molecule has 0 atom stereocenters. The zero-order chi connectivity index (χ0) is 19.4. The third kappa shape index (κ3) is 4.17. The molecule has 0 spiro atoms. The number of carbonyl (C=O) groups excluding carboxylic acids is 1. The van der Waals surface area contributed by atoms with Crippen LogP contribution in [0.25, 0.3) is 10.9 Å². The smallest absolute Gasteiger partial charge is 0.245 e. The summed E-state index contributed by atoms with van der Waals surface area (Å²) >= 11 is 0. The van der Waals surface area contributed by atoms with Gasteiger partial charge in [-0.05, 0) is 24.3 Å². The van der Waals surface area contributed by atoms with Crippen molar-refractivity contribution in [3.63, 3.8) is 0 Å². The number of hydrogen-bond acceptors (Lipinski definition) is 5. The number of amides is 1. The Kier molecular flexibility index (Phi) is 5.27. The second-order valence-corrected chi connectivity index (χ2v) is 7.78. The molecule has 1 heterocycles. The summed E-state index contributed by atoms with van der Waals surface area (Å²) in [7, 11) is -2.22. The Morgan fingerprint density at radius 3 is 2.59 bits per heavy atom. The van der Waals surface area contributed by atoms with Gasteiger partial charge in [0.25, 0.3) is 0 Å². The quantitative estimate of drug-likeness (QED) is 0.705. The Labute approximate surface area is 157 Å². The molecule has 1 N–H and O–H groups in total. The molecule has 0 bridgehead atoms. The minimum absolute atomic E-state index is 0.353. The number of ether oxygens (including phenoxy) is 1. The number of pyridine rings is 1. The number of benzene rings is 2. The molecule has 0 aliphatic carbocycles. The highest BCUT2D eigenvalue weighted by atomic mass is 32.2. The van der Waals surface area contributed by atoms with E-state index in [1.807, 2.05) is 12.1 Å². The van der Waals surface area contributed by atoms with Gasteiger partial charge in [0.05, 0.1) is 30.3 Å². The van der Waals surface area contributed by atoms with Gasteiger partial charge in [-0.25, -0.2) is 8.42 Å². The molecule has 0 aliphatic rings. The number of rotatable bonds is 6. The van der Waals surface area contributed by atoms with Gasteiger partial charge in [0.2, 0.25) is 15.9 Å². The van der Waals surface area contributed by atoms with E-state index in [4.69, 9.17) is 4.74 Å². The molecule has 0 aliphatic heterocycles. The standard InChI is InChI=1S/C19H19N3O4S/c1-26-17-11-4-3-9-15(17)21-18(23)13-22(27(2,24)25)16-10-5-7-14-8-6-12-20-19(14)16/h3-12H,13H2,1-2H3,(H,21,23). The number of carbonyl (C=O) groups is 1. The first-order valence-corrected chi connectivity index (χ1v) is 9.99. The Balaban J connectivity index is 1.93. The van der Waals surface area contributed by atoms with Crippen LogP contribution in [0.5, 0.6) is 5.75 Å². The number of nitrogens with one attached hydrogen (secondary N) is 1.